The minimum absolute atomic E-state index is 0.189. The van der Waals surface area contributed by atoms with E-state index < -0.39 is 5.97 Å². The second kappa shape index (κ2) is 8.63. The molecule has 2 amide bonds. The molecule has 0 atom stereocenters. The van der Waals surface area contributed by atoms with Crippen LogP contribution in [0.25, 0.3) is 0 Å². The summed E-state index contributed by atoms with van der Waals surface area (Å²) >= 11 is 0. The summed E-state index contributed by atoms with van der Waals surface area (Å²) < 4.78 is 4.94. The van der Waals surface area contributed by atoms with E-state index >= 15 is 0 Å². The molecule has 0 saturated heterocycles. The minimum Gasteiger partial charge on any atom is -0.427 e. The molecule has 0 aliphatic rings. The van der Waals surface area contributed by atoms with Gasteiger partial charge in [0.05, 0.1) is 0 Å². The van der Waals surface area contributed by atoms with Crippen molar-refractivity contribution in [2.45, 2.75) is 13.8 Å². The Morgan fingerprint density at radius 3 is 2.08 bits per heavy atom. The topological polar surface area (TPSA) is 84.5 Å². The summed E-state index contributed by atoms with van der Waals surface area (Å²) in [5.74, 6) is -0.631. The molecule has 0 unspecified atom stereocenters. The largest absolute Gasteiger partial charge is 0.427 e. The summed E-state index contributed by atoms with van der Waals surface area (Å²) in [4.78, 5) is 35.0. The summed E-state index contributed by atoms with van der Waals surface area (Å²) in [6.07, 6.45) is 0. The van der Waals surface area contributed by atoms with Crippen molar-refractivity contribution in [3.8, 4) is 5.75 Å². The van der Waals surface area contributed by atoms with E-state index in [0.717, 1.165) is 5.56 Å². The number of carbonyl (C=O) groups excluding carboxylic acids is 3. The molecule has 130 valence electrons. The summed E-state index contributed by atoms with van der Waals surface area (Å²) in [6, 6.07) is 13.6. The monoisotopic (exact) mass is 340 g/mol. The van der Waals surface area contributed by atoms with Crippen LogP contribution in [0, 0.1) is 6.92 Å². The van der Waals surface area contributed by atoms with Crippen molar-refractivity contribution >= 4 is 17.8 Å². The van der Waals surface area contributed by atoms with Crippen molar-refractivity contribution < 1.29 is 19.1 Å². The molecule has 0 aromatic heterocycles. The van der Waals surface area contributed by atoms with Gasteiger partial charge in [0.1, 0.15) is 5.75 Å². The number of esters is 1. The van der Waals surface area contributed by atoms with Gasteiger partial charge in [-0.25, -0.2) is 0 Å². The average Bonchev–Trinajstić information content (AvgIpc) is 2.58. The van der Waals surface area contributed by atoms with Crippen molar-refractivity contribution in [2.75, 3.05) is 13.1 Å². The smallest absolute Gasteiger partial charge is 0.308 e. The van der Waals surface area contributed by atoms with Crippen LogP contribution in [0.3, 0.4) is 0 Å². The Hall–Kier alpha value is -3.15. The van der Waals surface area contributed by atoms with E-state index in [0.29, 0.717) is 23.4 Å². The number of aryl methyl sites for hydroxylation is 1. The van der Waals surface area contributed by atoms with Crippen LogP contribution in [0.4, 0.5) is 0 Å². The summed E-state index contributed by atoms with van der Waals surface area (Å²) in [6.45, 7) is 3.84. The highest BCUT2D eigenvalue weighted by Gasteiger charge is 2.08. The predicted molar refractivity (Wildman–Crippen MR) is 93.6 cm³/mol. The maximum atomic E-state index is 12.1. The summed E-state index contributed by atoms with van der Waals surface area (Å²) in [5, 5.41) is 5.44. The molecule has 2 aromatic carbocycles. The van der Waals surface area contributed by atoms with Gasteiger partial charge in [0, 0.05) is 31.1 Å². The molecule has 0 radical (unpaired) electrons. The van der Waals surface area contributed by atoms with Crippen LogP contribution in [-0.2, 0) is 4.79 Å². The van der Waals surface area contributed by atoms with Crippen LogP contribution in [-0.4, -0.2) is 30.9 Å². The molecule has 6 nitrogen and oxygen atoms in total. The lowest BCUT2D eigenvalue weighted by molar-refractivity contribution is -0.131. The number of amides is 2. The number of nitrogens with one attached hydrogen (secondary N) is 2. The van der Waals surface area contributed by atoms with Crippen LogP contribution in [0.1, 0.15) is 33.2 Å². The highest BCUT2D eigenvalue weighted by molar-refractivity contribution is 5.95. The quantitative estimate of drug-likeness (QED) is 0.479. The Labute approximate surface area is 146 Å². The fourth-order valence-corrected chi connectivity index (χ4v) is 2.13. The second-order valence-corrected chi connectivity index (χ2v) is 5.50. The standard InChI is InChI=1S/C19H20N2O4/c1-13-6-8-15(9-7-13)18(23)20-10-11-21-19(24)16-4-3-5-17(12-16)25-14(2)22/h3-9,12H,10-11H2,1-2H3,(H,20,23)(H,21,24). The highest BCUT2D eigenvalue weighted by atomic mass is 16.5. The van der Waals surface area contributed by atoms with E-state index in [2.05, 4.69) is 10.6 Å². The van der Waals surface area contributed by atoms with Crippen LogP contribution >= 0.6 is 0 Å². The summed E-state index contributed by atoms with van der Waals surface area (Å²) in [5.41, 5.74) is 2.04. The van der Waals surface area contributed by atoms with Crippen molar-refractivity contribution in [1.82, 2.24) is 10.6 Å². The Morgan fingerprint density at radius 1 is 0.880 bits per heavy atom. The van der Waals surface area contributed by atoms with Crippen LogP contribution < -0.4 is 15.4 Å². The van der Waals surface area contributed by atoms with Crippen molar-refractivity contribution in [2.24, 2.45) is 0 Å². The van der Waals surface area contributed by atoms with Gasteiger partial charge < -0.3 is 15.4 Å². The fraction of sp³-hybridized carbons (Fsp3) is 0.211. The Balaban J connectivity index is 1.79. The maximum absolute atomic E-state index is 12.1. The molecule has 25 heavy (non-hydrogen) atoms. The lowest BCUT2D eigenvalue weighted by atomic mass is 10.1. The first-order valence-electron chi connectivity index (χ1n) is 7.87. The first kappa shape index (κ1) is 18.2. The number of benzene rings is 2. The molecular formula is C19H20N2O4. The van der Waals surface area contributed by atoms with Crippen molar-refractivity contribution in [1.29, 1.82) is 0 Å². The average molecular weight is 340 g/mol. The highest BCUT2D eigenvalue weighted by Crippen LogP contribution is 2.13. The molecule has 2 aromatic rings. The first-order chi connectivity index (χ1) is 12.0. The van der Waals surface area contributed by atoms with Crippen molar-refractivity contribution in [3.05, 3.63) is 65.2 Å². The zero-order chi connectivity index (χ0) is 18.2. The van der Waals surface area contributed by atoms with E-state index in [-0.39, 0.29) is 18.4 Å². The third kappa shape index (κ3) is 5.76. The molecule has 0 bridgehead atoms. The van der Waals surface area contributed by atoms with E-state index in [1.54, 1.807) is 30.3 Å². The first-order valence-corrected chi connectivity index (χ1v) is 7.87. The normalized spacial score (nSPS) is 10.0. The van der Waals surface area contributed by atoms with Gasteiger partial charge in [-0.3, -0.25) is 14.4 Å². The van der Waals surface area contributed by atoms with Crippen LogP contribution in [0.2, 0.25) is 0 Å². The summed E-state index contributed by atoms with van der Waals surface area (Å²) in [7, 11) is 0. The zero-order valence-corrected chi connectivity index (χ0v) is 14.2. The molecule has 0 aliphatic carbocycles. The number of ether oxygens (including phenoxy) is 1. The Morgan fingerprint density at radius 2 is 1.48 bits per heavy atom. The predicted octanol–water partition coefficient (Wildman–Crippen LogP) is 2.08. The van der Waals surface area contributed by atoms with Gasteiger partial charge in [0.25, 0.3) is 11.8 Å². The lowest BCUT2D eigenvalue weighted by Crippen LogP contribution is -2.34. The number of carbonyl (C=O) groups is 3. The molecule has 2 rings (SSSR count). The maximum Gasteiger partial charge on any atom is 0.308 e. The molecule has 0 aliphatic heterocycles. The van der Waals surface area contributed by atoms with Gasteiger partial charge in [-0.05, 0) is 37.3 Å². The van der Waals surface area contributed by atoms with E-state index in [1.165, 1.54) is 13.0 Å². The fourth-order valence-electron chi connectivity index (χ4n) is 2.13. The third-order valence-electron chi connectivity index (χ3n) is 3.37. The third-order valence-corrected chi connectivity index (χ3v) is 3.37. The number of hydrogen-bond acceptors (Lipinski definition) is 4. The molecule has 0 heterocycles. The van der Waals surface area contributed by atoms with Gasteiger partial charge in [-0.2, -0.15) is 0 Å². The van der Waals surface area contributed by atoms with Crippen LogP contribution in [0.5, 0.6) is 5.75 Å². The minimum atomic E-state index is -0.448. The number of hydrogen-bond donors (Lipinski definition) is 2. The lowest BCUT2D eigenvalue weighted by Gasteiger charge is -2.08. The molecule has 2 N–H and O–H groups in total. The molecule has 6 heteroatoms. The van der Waals surface area contributed by atoms with E-state index in [9.17, 15) is 14.4 Å². The number of rotatable bonds is 6. The van der Waals surface area contributed by atoms with Crippen LogP contribution in [0.15, 0.2) is 48.5 Å². The SMILES string of the molecule is CC(=O)Oc1cccc(C(=O)NCCNC(=O)c2ccc(C)cc2)c1. The molecule has 0 spiro atoms. The van der Waals surface area contributed by atoms with Gasteiger partial charge in [-0.1, -0.05) is 23.8 Å². The Bertz CT molecular complexity index is 769. The van der Waals surface area contributed by atoms with Gasteiger partial charge >= 0.3 is 5.97 Å². The van der Waals surface area contributed by atoms with E-state index in [4.69, 9.17) is 4.74 Å². The van der Waals surface area contributed by atoms with Gasteiger partial charge in [0.15, 0.2) is 0 Å². The van der Waals surface area contributed by atoms with Crippen molar-refractivity contribution in [3.63, 3.8) is 0 Å². The van der Waals surface area contributed by atoms with Gasteiger partial charge in [-0.15, -0.1) is 0 Å². The molecule has 0 fully saturated rings. The van der Waals surface area contributed by atoms with E-state index in [1.807, 2.05) is 19.1 Å². The molecular weight excluding hydrogens is 320 g/mol. The van der Waals surface area contributed by atoms with Gasteiger partial charge in [0.2, 0.25) is 0 Å². The molecule has 0 saturated carbocycles. The Kier molecular flexibility index (Phi) is 6.28. The zero-order valence-electron chi connectivity index (χ0n) is 14.2. The second-order valence-electron chi connectivity index (χ2n) is 5.50.